The van der Waals surface area contributed by atoms with Crippen molar-refractivity contribution in [3.63, 3.8) is 0 Å². The summed E-state index contributed by atoms with van der Waals surface area (Å²) in [6.07, 6.45) is 3.26. The number of fused-ring (bicyclic) bond motifs is 1. The Balaban J connectivity index is 2.19. The molecule has 0 radical (unpaired) electrons. The van der Waals surface area contributed by atoms with Gasteiger partial charge in [-0.1, -0.05) is 30.4 Å². The number of rotatable bonds is 3. The second-order valence-corrected chi connectivity index (χ2v) is 4.79. The van der Waals surface area contributed by atoms with E-state index < -0.39 is 23.4 Å². The van der Waals surface area contributed by atoms with E-state index in [0.29, 0.717) is 5.69 Å². The van der Waals surface area contributed by atoms with Gasteiger partial charge in [-0.2, -0.15) is 0 Å². The molecule has 22 heavy (non-hydrogen) atoms. The molecule has 1 aliphatic rings. The van der Waals surface area contributed by atoms with Crippen molar-refractivity contribution in [3.05, 3.63) is 63.5 Å². The average molecular weight is 301 g/mol. The molecule has 0 fully saturated rings. The number of allylic oxidation sites excluding steroid dienone is 1. The zero-order valence-corrected chi connectivity index (χ0v) is 12.0. The SMILES string of the molecule is CCOC(=O)[C@@H]1C=CCn2c(=O)n(-c3ccccc3)c(=O)n21. The Labute approximate surface area is 125 Å². The van der Waals surface area contributed by atoms with Gasteiger partial charge in [0.1, 0.15) is 0 Å². The fourth-order valence-electron chi connectivity index (χ4n) is 2.51. The Kier molecular flexibility index (Phi) is 3.54. The van der Waals surface area contributed by atoms with Gasteiger partial charge in [0.15, 0.2) is 6.04 Å². The molecule has 0 amide bonds. The minimum absolute atomic E-state index is 0.210. The topological polar surface area (TPSA) is 75.2 Å². The van der Waals surface area contributed by atoms with E-state index in [4.69, 9.17) is 4.74 Å². The predicted octanol–water partition coefficient (Wildman–Crippen LogP) is 0.475. The molecule has 3 rings (SSSR count). The van der Waals surface area contributed by atoms with Crippen molar-refractivity contribution in [2.24, 2.45) is 0 Å². The quantitative estimate of drug-likeness (QED) is 0.610. The molecule has 114 valence electrons. The summed E-state index contributed by atoms with van der Waals surface area (Å²) in [5.74, 6) is -0.556. The number of para-hydroxylation sites is 1. The molecule has 1 atom stereocenters. The molecule has 1 aromatic heterocycles. The Bertz CT molecular complexity index is 842. The number of nitrogens with zero attached hydrogens (tertiary/aromatic N) is 3. The van der Waals surface area contributed by atoms with Crippen LogP contribution in [-0.4, -0.2) is 26.5 Å². The highest BCUT2D eigenvalue weighted by atomic mass is 16.5. The second-order valence-electron chi connectivity index (χ2n) is 4.79. The van der Waals surface area contributed by atoms with Gasteiger partial charge in [-0.25, -0.2) is 28.3 Å². The van der Waals surface area contributed by atoms with Gasteiger partial charge in [0, 0.05) is 0 Å². The number of hydrogen-bond acceptors (Lipinski definition) is 4. The lowest BCUT2D eigenvalue weighted by molar-refractivity contribution is -0.146. The molecule has 0 N–H and O–H groups in total. The lowest BCUT2D eigenvalue weighted by Gasteiger charge is -2.18. The third kappa shape index (κ3) is 2.11. The van der Waals surface area contributed by atoms with Gasteiger partial charge >= 0.3 is 17.3 Å². The Morgan fingerprint density at radius 2 is 1.95 bits per heavy atom. The molecule has 2 heterocycles. The maximum Gasteiger partial charge on any atom is 0.352 e. The normalized spacial score (nSPS) is 16.3. The van der Waals surface area contributed by atoms with Crippen molar-refractivity contribution >= 4 is 5.97 Å². The summed E-state index contributed by atoms with van der Waals surface area (Å²) >= 11 is 0. The summed E-state index contributed by atoms with van der Waals surface area (Å²) in [4.78, 5) is 37.1. The molecule has 0 aliphatic carbocycles. The van der Waals surface area contributed by atoms with Crippen LogP contribution in [0.4, 0.5) is 0 Å². The second kappa shape index (κ2) is 5.51. The van der Waals surface area contributed by atoms with Crippen LogP contribution in [0.5, 0.6) is 0 Å². The van der Waals surface area contributed by atoms with Crippen molar-refractivity contribution in [3.8, 4) is 5.69 Å². The number of benzene rings is 1. The van der Waals surface area contributed by atoms with Crippen LogP contribution in [0.1, 0.15) is 13.0 Å². The molecule has 1 aromatic carbocycles. The number of hydrogen-bond donors (Lipinski definition) is 0. The summed E-state index contributed by atoms with van der Waals surface area (Å²) < 4.78 is 8.42. The van der Waals surface area contributed by atoms with Crippen LogP contribution < -0.4 is 11.4 Å². The largest absolute Gasteiger partial charge is 0.464 e. The van der Waals surface area contributed by atoms with Gasteiger partial charge < -0.3 is 4.74 Å². The highest BCUT2D eigenvalue weighted by Gasteiger charge is 2.29. The molecule has 2 aromatic rings. The molecular weight excluding hydrogens is 286 g/mol. The van der Waals surface area contributed by atoms with Crippen molar-refractivity contribution in [1.29, 1.82) is 0 Å². The Hall–Kier alpha value is -2.83. The number of esters is 1. The van der Waals surface area contributed by atoms with E-state index in [2.05, 4.69) is 0 Å². The van der Waals surface area contributed by atoms with E-state index in [9.17, 15) is 14.4 Å². The minimum atomic E-state index is -0.918. The molecule has 0 spiro atoms. The van der Waals surface area contributed by atoms with Gasteiger partial charge in [-0.05, 0) is 19.1 Å². The maximum absolute atomic E-state index is 12.6. The first-order valence-electron chi connectivity index (χ1n) is 6.98. The van der Waals surface area contributed by atoms with Gasteiger partial charge in [-0.15, -0.1) is 0 Å². The first kappa shape index (κ1) is 14.1. The Morgan fingerprint density at radius 1 is 1.23 bits per heavy atom. The number of ether oxygens (including phenoxy) is 1. The van der Waals surface area contributed by atoms with Gasteiger partial charge in [0.2, 0.25) is 0 Å². The Morgan fingerprint density at radius 3 is 2.64 bits per heavy atom. The summed E-state index contributed by atoms with van der Waals surface area (Å²) in [6, 6.07) is 7.70. The van der Waals surface area contributed by atoms with Gasteiger partial charge in [-0.3, -0.25) is 0 Å². The third-order valence-electron chi connectivity index (χ3n) is 3.46. The lowest BCUT2D eigenvalue weighted by Crippen LogP contribution is -2.36. The van der Waals surface area contributed by atoms with E-state index >= 15 is 0 Å². The van der Waals surface area contributed by atoms with Crippen LogP contribution in [0, 0.1) is 0 Å². The summed E-state index contributed by atoms with van der Waals surface area (Å²) in [5, 5.41) is 0. The van der Waals surface area contributed by atoms with E-state index in [1.165, 1.54) is 4.68 Å². The summed E-state index contributed by atoms with van der Waals surface area (Å²) in [6.45, 7) is 2.14. The van der Waals surface area contributed by atoms with Crippen LogP contribution in [0.3, 0.4) is 0 Å². The standard InChI is InChI=1S/C15H15N3O4/c1-2-22-13(19)12-9-6-10-16-14(20)17(15(21)18(12)16)11-7-4-3-5-8-11/h3-9,12H,2,10H2,1H3/t12-/m0/s1. The van der Waals surface area contributed by atoms with Crippen LogP contribution in [0.2, 0.25) is 0 Å². The highest BCUT2D eigenvalue weighted by Crippen LogP contribution is 2.13. The zero-order valence-electron chi connectivity index (χ0n) is 12.0. The van der Waals surface area contributed by atoms with Gasteiger partial charge in [0.25, 0.3) is 0 Å². The fraction of sp³-hybridized carbons (Fsp3) is 0.267. The first-order chi connectivity index (χ1) is 10.6. The molecule has 7 nitrogen and oxygen atoms in total. The van der Waals surface area contributed by atoms with Crippen molar-refractivity contribution in [2.75, 3.05) is 6.61 Å². The monoisotopic (exact) mass is 301 g/mol. The molecule has 0 saturated carbocycles. The minimum Gasteiger partial charge on any atom is -0.464 e. The number of aromatic nitrogens is 3. The van der Waals surface area contributed by atoms with E-state index in [-0.39, 0.29) is 13.2 Å². The highest BCUT2D eigenvalue weighted by molar-refractivity contribution is 5.76. The van der Waals surface area contributed by atoms with Crippen molar-refractivity contribution < 1.29 is 9.53 Å². The predicted molar refractivity (Wildman–Crippen MR) is 79.1 cm³/mol. The molecule has 0 saturated heterocycles. The maximum atomic E-state index is 12.6. The molecule has 7 heteroatoms. The van der Waals surface area contributed by atoms with Crippen LogP contribution in [0.25, 0.3) is 5.69 Å². The lowest BCUT2D eigenvalue weighted by atomic mass is 10.2. The van der Waals surface area contributed by atoms with Crippen LogP contribution >= 0.6 is 0 Å². The summed E-state index contributed by atoms with van der Waals surface area (Å²) in [7, 11) is 0. The zero-order chi connectivity index (χ0) is 15.7. The smallest absolute Gasteiger partial charge is 0.352 e. The molecule has 1 aliphatic heterocycles. The average Bonchev–Trinajstić information content (AvgIpc) is 2.80. The number of carbonyl (C=O) groups is 1. The van der Waals surface area contributed by atoms with Crippen molar-refractivity contribution in [1.82, 2.24) is 13.9 Å². The summed E-state index contributed by atoms with van der Waals surface area (Å²) in [5.41, 5.74) is -0.567. The molecule has 0 unspecified atom stereocenters. The van der Waals surface area contributed by atoms with E-state index in [0.717, 1.165) is 9.25 Å². The fourth-order valence-corrected chi connectivity index (χ4v) is 2.51. The van der Waals surface area contributed by atoms with Crippen LogP contribution in [-0.2, 0) is 16.1 Å². The first-order valence-corrected chi connectivity index (χ1v) is 6.98. The third-order valence-corrected chi connectivity index (χ3v) is 3.46. The number of carbonyl (C=O) groups excluding carboxylic acids is 1. The van der Waals surface area contributed by atoms with Gasteiger partial charge in [0.05, 0.1) is 18.8 Å². The molecule has 0 bridgehead atoms. The van der Waals surface area contributed by atoms with Crippen molar-refractivity contribution in [2.45, 2.75) is 19.5 Å². The molecular formula is C15H15N3O4. The van der Waals surface area contributed by atoms with Crippen LogP contribution in [0.15, 0.2) is 52.1 Å². The van der Waals surface area contributed by atoms with E-state index in [1.807, 2.05) is 0 Å². The van der Waals surface area contributed by atoms with E-state index in [1.54, 1.807) is 49.4 Å².